The molecule has 2 aromatic rings. The van der Waals surface area contributed by atoms with Crippen molar-refractivity contribution in [2.45, 2.75) is 71.1 Å². The molecule has 1 aliphatic heterocycles. The number of anilines is 1. The monoisotopic (exact) mass is 554 g/mol. The summed E-state index contributed by atoms with van der Waals surface area (Å²) in [5.74, 6) is -1.57. The van der Waals surface area contributed by atoms with Crippen LogP contribution in [0.25, 0.3) is 0 Å². The van der Waals surface area contributed by atoms with Gasteiger partial charge in [-0.2, -0.15) is 13.2 Å². The number of fused-ring (bicyclic) bond motifs is 1. The lowest BCUT2D eigenvalue weighted by Gasteiger charge is -2.27. The van der Waals surface area contributed by atoms with Gasteiger partial charge < -0.3 is 24.9 Å². The van der Waals surface area contributed by atoms with Crippen LogP contribution in [-0.4, -0.2) is 68.7 Å². The maximum Gasteiger partial charge on any atom is 0.406 e. The highest BCUT2D eigenvalue weighted by Crippen LogP contribution is 2.22. The van der Waals surface area contributed by atoms with Crippen molar-refractivity contribution >= 4 is 17.8 Å². The summed E-state index contributed by atoms with van der Waals surface area (Å²) in [7, 11) is 0. The number of nitrogens with one attached hydrogen (secondary N) is 1. The van der Waals surface area contributed by atoms with E-state index in [1.807, 2.05) is 12.1 Å². The Balaban J connectivity index is 1.75. The standard InChI is InChI=1S/C26H33F3N4O6/c1-16-14-21(35)32(15-26(27,28)29)17(2)22(16)25(38)39-33(20(10-13-34)24(36)37)12-4-3-7-19-9-8-18-6-5-11-30-23(18)31-19/h8-9,14,20,34H,3-7,10-13,15H2,1-2H3,(H,30,31)(H,36,37)/t20-/m0/s1. The van der Waals surface area contributed by atoms with Crippen molar-refractivity contribution < 1.29 is 37.8 Å². The van der Waals surface area contributed by atoms with E-state index < -0.39 is 42.9 Å². The van der Waals surface area contributed by atoms with Crippen LogP contribution in [0.15, 0.2) is 23.0 Å². The number of carbonyl (C=O) groups is 2. The molecule has 0 fully saturated rings. The minimum atomic E-state index is -4.70. The molecule has 0 aromatic carbocycles. The van der Waals surface area contributed by atoms with E-state index in [4.69, 9.17) is 4.84 Å². The Morgan fingerprint density at radius 3 is 2.67 bits per heavy atom. The number of carbonyl (C=O) groups excluding carboxylic acids is 1. The Morgan fingerprint density at radius 2 is 2.00 bits per heavy atom. The molecule has 0 radical (unpaired) electrons. The summed E-state index contributed by atoms with van der Waals surface area (Å²) < 4.78 is 39.5. The number of aliphatic hydroxyl groups excluding tert-OH is 1. The van der Waals surface area contributed by atoms with Gasteiger partial charge in [-0.05, 0) is 69.6 Å². The Hall–Kier alpha value is -3.45. The quantitative estimate of drug-likeness (QED) is 0.267. The van der Waals surface area contributed by atoms with Gasteiger partial charge in [0.1, 0.15) is 18.4 Å². The molecule has 3 heterocycles. The number of pyridine rings is 2. The van der Waals surface area contributed by atoms with Crippen molar-refractivity contribution in [3.63, 3.8) is 0 Å². The largest absolute Gasteiger partial charge is 0.480 e. The van der Waals surface area contributed by atoms with E-state index in [0.29, 0.717) is 23.8 Å². The molecule has 1 aliphatic rings. The van der Waals surface area contributed by atoms with E-state index in [1.165, 1.54) is 13.8 Å². The minimum absolute atomic E-state index is 0.00776. The van der Waals surface area contributed by atoms with Crippen LogP contribution in [0.4, 0.5) is 19.0 Å². The molecule has 2 aromatic heterocycles. The van der Waals surface area contributed by atoms with Gasteiger partial charge in [0.15, 0.2) is 0 Å². The van der Waals surface area contributed by atoms with Crippen LogP contribution in [0.3, 0.4) is 0 Å². The van der Waals surface area contributed by atoms with Gasteiger partial charge in [0.05, 0.1) is 5.56 Å². The molecular formula is C26H33F3N4O6. The molecule has 0 unspecified atom stereocenters. The minimum Gasteiger partial charge on any atom is -0.480 e. The van der Waals surface area contributed by atoms with Crippen molar-refractivity contribution in [3.05, 3.63) is 56.6 Å². The fourth-order valence-corrected chi connectivity index (χ4v) is 4.62. The van der Waals surface area contributed by atoms with Gasteiger partial charge in [-0.15, -0.1) is 5.06 Å². The number of hydroxylamine groups is 2. The number of hydrogen-bond donors (Lipinski definition) is 3. The van der Waals surface area contributed by atoms with Crippen LogP contribution >= 0.6 is 0 Å². The molecule has 10 nitrogen and oxygen atoms in total. The van der Waals surface area contributed by atoms with Crippen LogP contribution in [0.1, 0.15) is 58.6 Å². The summed E-state index contributed by atoms with van der Waals surface area (Å²) in [6, 6.07) is 3.49. The molecule has 0 bridgehead atoms. The predicted octanol–water partition coefficient (Wildman–Crippen LogP) is 3.01. The van der Waals surface area contributed by atoms with Crippen LogP contribution in [0.2, 0.25) is 0 Å². The molecule has 3 N–H and O–H groups in total. The van der Waals surface area contributed by atoms with E-state index in [0.717, 1.165) is 47.6 Å². The zero-order valence-corrected chi connectivity index (χ0v) is 21.9. The number of rotatable bonds is 12. The SMILES string of the molecule is Cc1cc(=O)n(CC(F)(F)F)c(C)c1C(=O)ON(CCCCc1ccc2c(n1)NCCC2)[C@@H](CCO)C(=O)O. The van der Waals surface area contributed by atoms with Gasteiger partial charge in [0.25, 0.3) is 5.56 Å². The Bertz CT molecular complexity index is 1250. The second kappa shape index (κ2) is 13.1. The summed E-state index contributed by atoms with van der Waals surface area (Å²) in [4.78, 5) is 47.2. The van der Waals surface area contributed by atoms with Gasteiger partial charge in [0.2, 0.25) is 0 Å². The van der Waals surface area contributed by atoms with Gasteiger partial charge >= 0.3 is 18.1 Å². The third-order valence-electron chi connectivity index (χ3n) is 6.56. The third kappa shape index (κ3) is 8.02. The summed E-state index contributed by atoms with van der Waals surface area (Å²) in [5, 5.41) is 23.3. The Labute approximate surface area is 223 Å². The van der Waals surface area contributed by atoms with Crippen LogP contribution < -0.4 is 10.9 Å². The highest BCUT2D eigenvalue weighted by Gasteiger charge is 2.33. The van der Waals surface area contributed by atoms with Gasteiger partial charge in [-0.25, -0.2) is 9.78 Å². The summed E-state index contributed by atoms with van der Waals surface area (Å²) in [6.45, 7) is 1.35. The maximum atomic E-state index is 13.1. The number of carboxylic acid groups (broad SMARTS) is 1. The van der Waals surface area contributed by atoms with Gasteiger partial charge in [-0.3, -0.25) is 9.59 Å². The van der Waals surface area contributed by atoms with Crippen molar-refractivity contribution in [3.8, 4) is 0 Å². The van der Waals surface area contributed by atoms with E-state index in [1.54, 1.807) is 0 Å². The number of aliphatic carboxylic acids is 1. The average molecular weight is 555 g/mol. The fourth-order valence-electron chi connectivity index (χ4n) is 4.62. The molecule has 1 atom stereocenters. The first-order valence-electron chi connectivity index (χ1n) is 12.7. The second-order valence-electron chi connectivity index (χ2n) is 9.51. The van der Waals surface area contributed by atoms with E-state index in [-0.39, 0.29) is 29.8 Å². The lowest BCUT2D eigenvalue weighted by Crippen LogP contribution is -2.44. The number of carboxylic acids is 1. The van der Waals surface area contributed by atoms with Gasteiger partial charge in [0, 0.05) is 37.2 Å². The fraction of sp³-hybridized carbons (Fsp3) is 0.538. The first kappa shape index (κ1) is 30.1. The highest BCUT2D eigenvalue weighted by atomic mass is 19.4. The Morgan fingerprint density at radius 1 is 1.26 bits per heavy atom. The molecule has 0 saturated carbocycles. The van der Waals surface area contributed by atoms with Crippen molar-refractivity contribution in [1.82, 2.24) is 14.6 Å². The zero-order chi connectivity index (χ0) is 28.7. The normalized spacial score (nSPS) is 14.0. The zero-order valence-electron chi connectivity index (χ0n) is 21.9. The first-order chi connectivity index (χ1) is 18.4. The van der Waals surface area contributed by atoms with Crippen molar-refractivity contribution in [2.24, 2.45) is 0 Å². The summed E-state index contributed by atoms with van der Waals surface area (Å²) in [5.41, 5.74) is 0.678. The maximum absolute atomic E-state index is 13.1. The Kier molecular flexibility index (Phi) is 10.1. The number of alkyl halides is 3. The van der Waals surface area contributed by atoms with Crippen molar-refractivity contribution in [2.75, 3.05) is 25.0 Å². The number of halogens is 3. The molecule has 0 spiro atoms. The van der Waals surface area contributed by atoms with E-state index >= 15 is 0 Å². The number of aromatic nitrogens is 2. The molecule has 214 valence electrons. The number of hydrogen-bond acceptors (Lipinski definition) is 8. The molecule has 0 saturated heterocycles. The van der Waals surface area contributed by atoms with Crippen LogP contribution in [0, 0.1) is 13.8 Å². The highest BCUT2D eigenvalue weighted by molar-refractivity contribution is 5.92. The van der Waals surface area contributed by atoms with E-state index in [2.05, 4.69) is 10.3 Å². The third-order valence-corrected chi connectivity index (χ3v) is 6.56. The number of aryl methyl sites for hydroxylation is 3. The summed E-state index contributed by atoms with van der Waals surface area (Å²) in [6.07, 6.45) is -1.36. The number of nitrogens with zero attached hydrogens (tertiary/aromatic N) is 3. The lowest BCUT2D eigenvalue weighted by atomic mass is 10.1. The van der Waals surface area contributed by atoms with Crippen LogP contribution in [0.5, 0.6) is 0 Å². The topological polar surface area (TPSA) is 134 Å². The number of aliphatic hydroxyl groups is 1. The van der Waals surface area contributed by atoms with Gasteiger partial charge in [-0.1, -0.05) is 6.07 Å². The summed E-state index contributed by atoms with van der Waals surface area (Å²) >= 11 is 0. The molecule has 0 aliphatic carbocycles. The average Bonchev–Trinajstić information content (AvgIpc) is 2.86. The molecule has 13 heteroatoms. The number of unbranched alkanes of at least 4 members (excludes halogenated alkanes) is 1. The predicted molar refractivity (Wildman–Crippen MR) is 135 cm³/mol. The molecular weight excluding hydrogens is 521 g/mol. The van der Waals surface area contributed by atoms with Crippen LogP contribution in [-0.2, 0) is 29.0 Å². The first-order valence-corrected chi connectivity index (χ1v) is 12.7. The molecule has 3 rings (SSSR count). The second-order valence-corrected chi connectivity index (χ2v) is 9.51. The van der Waals surface area contributed by atoms with Crippen molar-refractivity contribution in [1.29, 1.82) is 0 Å². The smallest absolute Gasteiger partial charge is 0.406 e. The molecule has 0 amide bonds. The van der Waals surface area contributed by atoms with E-state index in [9.17, 15) is 37.8 Å². The molecule has 39 heavy (non-hydrogen) atoms. The lowest BCUT2D eigenvalue weighted by molar-refractivity contribution is -0.174.